The molecule has 0 unspecified atom stereocenters. The van der Waals surface area contributed by atoms with Crippen molar-refractivity contribution >= 4 is 7.60 Å². The molecule has 0 heterocycles. The molecule has 76 valence electrons. The largest absolute Gasteiger partial charge is 0.335 e. The minimum atomic E-state index is -4.07. The molecule has 0 aliphatic heterocycles. The average molecular weight is 204 g/mol. The summed E-state index contributed by atoms with van der Waals surface area (Å²) in [7, 11) is -4.07. The summed E-state index contributed by atoms with van der Waals surface area (Å²) < 4.78 is 11.2. The quantitative estimate of drug-likeness (QED) is 0.534. The molecule has 0 aliphatic carbocycles. The van der Waals surface area contributed by atoms with Crippen LogP contribution < -0.4 is 0 Å². The van der Waals surface area contributed by atoms with E-state index in [0.29, 0.717) is 12.8 Å². The Kier molecular flexibility index (Phi) is 4.62. The second-order valence-corrected chi connectivity index (χ2v) is 4.93. The zero-order valence-corrected chi connectivity index (χ0v) is 9.00. The van der Waals surface area contributed by atoms with Gasteiger partial charge in [0.2, 0.25) is 0 Å². The Balaban J connectivity index is 5.03. The highest BCUT2D eigenvalue weighted by atomic mass is 31.2. The summed E-state index contributed by atoms with van der Waals surface area (Å²) in [5.41, 5.74) is 0. The van der Waals surface area contributed by atoms with E-state index in [-0.39, 0.29) is 0 Å². The van der Waals surface area contributed by atoms with E-state index >= 15 is 0 Å². The van der Waals surface area contributed by atoms with Gasteiger partial charge < -0.3 is 9.79 Å². The molecule has 4 heteroatoms. The topological polar surface area (TPSA) is 57.5 Å². The van der Waals surface area contributed by atoms with Crippen molar-refractivity contribution in [1.82, 2.24) is 0 Å². The molecule has 2 N–H and O–H groups in total. The van der Waals surface area contributed by atoms with Crippen LogP contribution in [0.4, 0.5) is 0 Å². The first-order chi connectivity index (χ1) is 5.93. The van der Waals surface area contributed by atoms with Crippen molar-refractivity contribution < 1.29 is 14.4 Å². The van der Waals surface area contributed by atoms with Crippen molar-refractivity contribution in [3.05, 3.63) is 24.8 Å². The smallest absolute Gasteiger partial charge is 0.324 e. The van der Waals surface area contributed by atoms with Crippen molar-refractivity contribution in [2.24, 2.45) is 0 Å². The molecule has 0 radical (unpaired) electrons. The molecule has 0 saturated heterocycles. The lowest BCUT2D eigenvalue weighted by Gasteiger charge is -2.28. The minimum absolute atomic E-state index is 0.429. The standard InChI is InChI=1S/C9H17O3P/c1-4-7-8-9(5-2,6-3)13(10,11)12/h4,7-8H,1,5-6H2,2-3H3,(H2,10,11,12)/b8-7+. The zero-order chi connectivity index (χ0) is 10.5. The van der Waals surface area contributed by atoms with Crippen LogP contribution in [-0.2, 0) is 4.57 Å². The molecule has 0 aromatic rings. The molecule has 0 saturated carbocycles. The Morgan fingerprint density at radius 2 is 1.85 bits per heavy atom. The first-order valence-corrected chi connectivity index (χ1v) is 5.90. The maximum atomic E-state index is 11.2. The Labute approximate surface area is 79.3 Å². The molecule has 0 bridgehead atoms. The van der Waals surface area contributed by atoms with Gasteiger partial charge in [-0.2, -0.15) is 0 Å². The van der Waals surface area contributed by atoms with E-state index in [1.54, 1.807) is 26.0 Å². The van der Waals surface area contributed by atoms with Crippen LogP contribution in [0, 0.1) is 0 Å². The highest BCUT2D eigenvalue weighted by molar-refractivity contribution is 7.53. The zero-order valence-electron chi connectivity index (χ0n) is 8.10. The highest BCUT2D eigenvalue weighted by Crippen LogP contribution is 2.55. The van der Waals surface area contributed by atoms with Gasteiger partial charge >= 0.3 is 7.60 Å². The molecule has 0 atom stereocenters. The van der Waals surface area contributed by atoms with Crippen molar-refractivity contribution in [3.8, 4) is 0 Å². The van der Waals surface area contributed by atoms with Gasteiger partial charge in [-0.05, 0) is 12.8 Å². The van der Waals surface area contributed by atoms with Crippen LogP contribution in [0.5, 0.6) is 0 Å². The summed E-state index contributed by atoms with van der Waals surface area (Å²) >= 11 is 0. The summed E-state index contributed by atoms with van der Waals surface area (Å²) in [5.74, 6) is 0. The summed E-state index contributed by atoms with van der Waals surface area (Å²) in [6.07, 6.45) is 5.53. The molecular formula is C9H17O3P. The number of rotatable bonds is 5. The summed E-state index contributed by atoms with van der Waals surface area (Å²) in [6.45, 7) is 7.02. The molecule has 0 spiro atoms. The van der Waals surface area contributed by atoms with E-state index in [9.17, 15) is 14.4 Å². The van der Waals surface area contributed by atoms with E-state index < -0.39 is 12.8 Å². The fraction of sp³-hybridized carbons (Fsp3) is 0.556. The monoisotopic (exact) mass is 204 g/mol. The van der Waals surface area contributed by atoms with Gasteiger partial charge in [0.25, 0.3) is 0 Å². The Morgan fingerprint density at radius 1 is 1.38 bits per heavy atom. The van der Waals surface area contributed by atoms with Gasteiger partial charge in [-0.3, -0.25) is 4.57 Å². The Hall–Kier alpha value is -0.370. The molecule has 3 nitrogen and oxygen atoms in total. The third-order valence-electron chi connectivity index (χ3n) is 2.35. The van der Waals surface area contributed by atoms with E-state index in [1.165, 1.54) is 6.08 Å². The van der Waals surface area contributed by atoms with Gasteiger partial charge in [-0.15, -0.1) is 0 Å². The first kappa shape index (κ1) is 12.6. The first-order valence-electron chi connectivity index (χ1n) is 4.29. The van der Waals surface area contributed by atoms with Gasteiger partial charge in [0.1, 0.15) is 0 Å². The summed E-state index contributed by atoms with van der Waals surface area (Å²) in [4.78, 5) is 18.4. The summed E-state index contributed by atoms with van der Waals surface area (Å²) in [6, 6.07) is 0. The third-order valence-corrected chi connectivity index (χ3v) is 4.29. The Bertz CT molecular complexity index is 235. The molecule has 0 aromatic carbocycles. The minimum Gasteiger partial charge on any atom is -0.324 e. The van der Waals surface area contributed by atoms with E-state index in [1.807, 2.05) is 0 Å². The Morgan fingerprint density at radius 3 is 2.08 bits per heavy atom. The summed E-state index contributed by atoms with van der Waals surface area (Å²) in [5, 5.41) is -1.01. The molecular weight excluding hydrogens is 187 g/mol. The number of allylic oxidation sites excluding steroid dienone is 3. The number of hydrogen-bond acceptors (Lipinski definition) is 1. The highest BCUT2D eigenvalue weighted by Gasteiger charge is 2.41. The average Bonchev–Trinajstić information content (AvgIpc) is 2.05. The SMILES string of the molecule is C=C/C=C/C(CC)(CC)P(=O)(O)O. The van der Waals surface area contributed by atoms with Crippen molar-refractivity contribution in [2.75, 3.05) is 0 Å². The molecule has 0 amide bonds. The van der Waals surface area contributed by atoms with Crippen molar-refractivity contribution in [3.63, 3.8) is 0 Å². The lowest BCUT2D eigenvalue weighted by atomic mass is 10.0. The predicted octanol–water partition coefficient (Wildman–Crippen LogP) is 2.47. The lowest BCUT2D eigenvalue weighted by molar-refractivity contribution is 0.334. The van der Waals surface area contributed by atoms with Crippen LogP contribution in [0.1, 0.15) is 26.7 Å². The van der Waals surface area contributed by atoms with Crippen LogP contribution >= 0.6 is 7.60 Å². The van der Waals surface area contributed by atoms with E-state index in [2.05, 4.69) is 6.58 Å². The lowest BCUT2D eigenvalue weighted by Crippen LogP contribution is -2.24. The van der Waals surface area contributed by atoms with E-state index in [0.717, 1.165) is 0 Å². The second-order valence-electron chi connectivity index (χ2n) is 2.95. The molecule has 0 aliphatic rings. The fourth-order valence-corrected chi connectivity index (χ4v) is 2.35. The van der Waals surface area contributed by atoms with Crippen LogP contribution in [0.15, 0.2) is 24.8 Å². The molecule has 0 fully saturated rings. The fourth-order valence-electron chi connectivity index (χ4n) is 1.24. The third kappa shape index (κ3) is 2.80. The second kappa shape index (κ2) is 4.75. The van der Waals surface area contributed by atoms with Crippen molar-refractivity contribution in [2.45, 2.75) is 31.8 Å². The van der Waals surface area contributed by atoms with Gasteiger partial charge in [0.05, 0.1) is 5.16 Å². The van der Waals surface area contributed by atoms with E-state index in [4.69, 9.17) is 0 Å². The van der Waals surface area contributed by atoms with Gasteiger partial charge in [0, 0.05) is 0 Å². The maximum Gasteiger partial charge on any atom is 0.335 e. The molecule has 0 aromatic heterocycles. The van der Waals surface area contributed by atoms with Crippen LogP contribution in [0.2, 0.25) is 0 Å². The van der Waals surface area contributed by atoms with Crippen LogP contribution in [-0.4, -0.2) is 14.9 Å². The normalized spacial score (nSPS) is 13.5. The van der Waals surface area contributed by atoms with Gasteiger partial charge in [-0.1, -0.05) is 38.7 Å². The van der Waals surface area contributed by atoms with Gasteiger partial charge in [-0.25, -0.2) is 0 Å². The van der Waals surface area contributed by atoms with Crippen LogP contribution in [0.25, 0.3) is 0 Å². The molecule has 13 heavy (non-hydrogen) atoms. The van der Waals surface area contributed by atoms with Crippen LogP contribution in [0.3, 0.4) is 0 Å². The number of hydrogen-bond donors (Lipinski definition) is 2. The molecule has 0 rings (SSSR count). The van der Waals surface area contributed by atoms with Crippen molar-refractivity contribution in [1.29, 1.82) is 0 Å². The van der Waals surface area contributed by atoms with Gasteiger partial charge in [0.15, 0.2) is 0 Å². The maximum absolute atomic E-state index is 11.2. The predicted molar refractivity (Wildman–Crippen MR) is 54.7 cm³/mol.